The Bertz CT molecular complexity index is 2830. The number of aromatic hydroxyl groups is 1. The van der Waals surface area contributed by atoms with Crippen molar-refractivity contribution in [2.24, 2.45) is 0 Å². The van der Waals surface area contributed by atoms with E-state index in [1.165, 1.54) is 12.1 Å². The van der Waals surface area contributed by atoms with Gasteiger partial charge in [-0.15, -0.1) is 11.6 Å². The highest BCUT2D eigenvalue weighted by Gasteiger charge is 2.23. The standard InChI is InChI=1S/C32H37FO4.C18H20ClFO.C14H18O3.CH4.B/c1-7-9-24(19-31(34)36-8-2)23-11-13-25(14-12-23)37-21-22-10-16-29(32(3,4)5)27(18-22)28-20-26(35-6)15-17-30(28)33;1-18(2,3)16-7-5-12(11-19)9-14(16)15-10-13(21-4)6-8-17(15)20;1-3-5-12(10-14(16)17-4-2)11-6-8-13(15)9-7-11;;/h7,9-18,20,24H,8,19,21H2,1-6H3;5-10H,11H2,1-4H3;3,5-9,12,15H,4,10H2,1-2H3;1H4;/b9-7+;;5-3+;;/t24-;;12-;;/m1.1../s1. The number of hydrogen-bond donors (Lipinski definition) is 1. The number of alkyl halides is 1. The van der Waals surface area contributed by atoms with Gasteiger partial charge in [-0.05, 0) is 156 Å². The molecule has 0 aliphatic carbocycles. The number of rotatable bonds is 18. The van der Waals surface area contributed by atoms with Gasteiger partial charge in [0.25, 0.3) is 0 Å². The third-order valence-electron chi connectivity index (χ3n) is 12.1. The number of esters is 2. The number of carbonyl (C=O) groups excluding carboxylic acids is 2. The lowest BCUT2D eigenvalue weighted by Gasteiger charge is -2.24. The summed E-state index contributed by atoms with van der Waals surface area (Å²) in [6, 6.07) is 36.3. The summed E-state index contributed by atoms with van der Waals surface area (Å²) in [7, 11) is 3.16. The third-order valence-corrected chi connectivity index (χ3v) is 12.4. The van der Waals surface area contributed by atoms with Crippen molar-refractivity contribution in [1.29, 1.82) is 0 Å². The lowest BCUT2D eigenvalue weighted by Crippen LogP contribution is -2.13. The molecular formula is C65H79BClF2O8. The predicted molar refractivity (Wildman–Crippen MR) is 313 cm³/mol. The lowest BCUT2D eigenvalue weighted by molar-refractivity contribution is -0.144. The van der Waals surface area contributed by atoms with Crippen LogP contribution in [0.4, 0.5) is 8.78 Å². The topological polar surface area (TPSA) is 101 Å². The van der Waals surface area contributed by atoms with Crippen LogP contribution in [0.15, 0.2) is 146 Å². The van der Waals surface area contributed by atoms with E-state index in [0.29, 0.717) is 66.9 Å². The maximum atomic E-state index is 14.9. The number of hydrogen-bond acceptors (Lipinski definition) is 8. The molecule has 411 valence electrons. The Balaban J connectivity index is 0.000000429. The molecule has 8 nitrogen and oxygen atoms in total. The average molecular weight is 1070 g/mol. The minimum atomic E-state index is -0.293. The number of ether oxygens (including phenoxy) is 5. The molecule has 1 N–H and O–H groups in total. The van der Waals surface area contributed by atoms with Gasteiger partial charge in [0.15, 0.2) is 0 Å². The van der Waals surface area contributed by atoms with Gasteiger partial charge in [-0.1, -0.05) is 122 Å². The van der Waals surface area contributed by atoms with Crippen LogP contribution in [0.25, 0.3) is 22.3 Å². The second-order valence-corrected chi connectivity index (χ2v) is 20.1. The van der Waals surface area contributed by atoms with Gasteiger partial charge in [-0.3, -0.25) is 9.59 Å². The summed E-state index contributed by atoms with van der Waals surface area (Å²) in [6.45, 7) is 21.3. The van der Waals surface area contributed by atoms with Gasteiger partial charge in [0, 0.05) is 37.3 Å². The summed E-state index contributed by atoms with van der Waals surface area (Å²) >= 11 is 5.93. The monoisotopic (exact) mass is 1070 g/mol. The molecule has 3 radical (unpaired) electrons. The smallest absolute Gasteiger partial charge is 0.306 e. The zero-order valence-corrected chi connectivity index (χ0v) is 47.0. The summed E-state index contributed by atoms with van der Waals surface area (Å²) < 4.78 is 55.9. The molecule has 6 aromatic rings. The fraction of sp³-hybridized carbons (Fsp3) is 0.354. The normalized spacial score (nSPS) is 11.9. The van der Waals surface area contributed by atoms with Gasteiger partial charge in [0.1, 0.15) is 41.2 Å². The van der Waals surface area contributed by atoms with Gasteiger partial charge in [0.2, 0.25) is 0 Å². The van der Waals surface area contributed by atoms with Crippen LogP contribution < -0.4 is 14.2 Å². The summed E-state index contributed by atoms with van der Waals surface area (Å²) in [5, 5.41) is 9.22. The third kappa shape index (κ3) is 20.2. The first kappa shape index (κ1) is 66.3. The van der Waals surface area contributed by atoms with E-state index >= 15 is 0 Å². The van der Waals surface area contributed by atoms with Crippen LogP contribution in [0.5, 0.6) is 23.0 Å². The first-order chi connectivity index (χ1) is 35.7. The molecule has 0 saturated heterocycles. The van der Waals surface area contributed by atoms with Gasteiger partial charge < -0.3 is 28.8 Å². The van der Waals surface area contributed by atoms with Crippen LogP contribution in [0.3, 0.4) is 0 Å². The molecule has 0 unspecified atom stereocenters. The highest BCUT2D eigenvalue weighted by molar-refractivity contribution is 6.17. The Kier molecular flexibility index (Phi) is 27.6. The highest BCUT2D eigenvalue weighted by atomic mass is 35.5. The van der Waals surface area contributed by atoms with Gasteiger partial charge >= 0.3 is 11.9 Å². The molecular weight excluding hydrogens is 993 g/mol. The first-order valence-electron chi connectivity index (χ1n) is 25.3. The molecule has 6 rings (SSSR count). The van der Waals surface area contributed by atoms with Crippen LogP contribution in [0, 0.1) is 11.6 Å². The number of methoxy groups -OCH3 is 2. The number of allylic oxidation sites excluding steroid dienone is 4. The van der Waals surface area contributed by atoms with Crippen LogP contribution in [0.2, 0.25) is 0 Å². The molecule has 0 aliphatic rings. The molecule has 0 fully saturated rings. The zero-order valence-electron chi connectivity index (χ0n) is 46.3. The van der Waals surface area contributed by atoms with Crippen molar-refractivity contribution in [1.82, 2.24) is 0 Å². The van der Waals surface area contributed by atoms with Crippen molar-refractivity contribution < 1.29 is 47.2 Å². The van der Waals surface area contributed by atoms with E-state index in [1.807, 2.05) is 118 Å². The Morgan fingerprint density at radius 2 is 0.961 bits per heavy atom. The molecule has 0 saturated carbocycles. The molecule has 12 heteroatoms. The van der Waals surface area contributed by atoms with E-state index < -0.39 is 0 Å². The molecule has 6 aromatic carbocycles. The second-order valence-electron chi connectivity index (χ2n) is 19.8. The fourth-order valence-corrected chi connectivity index (χ4v) is 8.51. The quantitative estimate of drug-likeness (QED) is 0.0393. The van der Waals surface area contributed by atoms with E-state index in [2.05, 4.69) is 41.5 Å². The van der Waals surface area contributed by atoms with E-state index in [-0.39, 0.29) is 67.8 Å². The molecule has 0 aromatic heterocycles. The summed E-state index contributed by atoms with van der Waals surface area (Å²) in [5.74, 6) is 1.58. The Morgan fingerprint density at radius 3 is 1.34 bits per heavy atom. The summed E-state index contributed by atoms with van der Waals surface area (Å²) in [4.78, 5) is 23.5. The van der Waals surface area contributed by atoms with E-state index in [4.69, 9.17) is 35.3 Å². The number of phenols is 1. The minimum Gasteiger partial charge on any atom is -0.508 e. The number of benzene rings is 6. The maximum Gasteiger partial charge on any atom is 0.306 e. The van der Waals surface area contributed by atoms with Gasteiger partial charge in [0.05, 0.1) is 40.3 Å². The number of halogens is 3. The minimum absolute atomic E-state index is 0. The van der Waals surface area contributed by atoms with E-state index in [1.54, 1.807) is 57.5 Å². The number of carbonyl (C=O) groups is 2. The molecule has 2 atom stereocenters. The van der Waals surface area contributed by atoms with Crippen LogP contribution in [-0.2, 0) is 42.4 Å². The Morgan fingerprint density at radius 1 is 0.571 bits per heavy atom. The lowest BCUT2D eigenvalue weighted by atomic mass is 9.81. The van der Waals surface area contributed by atoms with E-state index in [9.17, 15) is 23.5 Å². The SMILES string of the molecule is C.C/C=C/[C@H](CC(=O)OCC)c1ccc(O)cc1.C/C=C/[C@H](CC(=O)OCC)c1ccc(OCc2ccc(C(C)(C)C)c(-c3cc(OC)ccc3F)c2)cc1.COc1ccc(F)c(-c2cc(CCl)ccc2C(C)(C)C)c1.[B]. The fourth-order valence-electron chi connectivity index (χ4n) is 8.34. The number of phenolic OH excluding ortho intramolecular Hbond substituents is 1. The van der Waals surface area contributed by atoms with Crippen molar-refractivity contribution >= 4 is 32.0 Å². The van der Waals surface area contributed by atoms with Crippen LogP contribution >= 0.6 is 11.6 Å². The van der Waals surface area contributed by atoms with Crippen molar-refractivity contribution in [3.05, 3.63) is 191 Å². The van der Waals surface area contributed by atoms with Gasteiger partial charge in [-0.2, -0.15) is 0 Å². The highest BCUT2D eigenvalue weighted by Crippen LogP contribution is 2.39. The predicted octanol–water partition coefficient (Wildman–Crippen LogP) is 16.8. The summed E-state index contributed by atoms with van der Waals surface area (Å²) in [5.41, 5.74) is 8.54. The largest absolute Gasteiger partial charge is 0.508 e. The first-order valence-corrected chi connectivity index (χ1v) is 25.8. The van der Waals surface area contributed by atoms with Crippen molar-refractivity contribution in [2.75, 3.05) is 27.4 Å². The van der Waals surface area contributed by atoms with Crippen LogP contribution in [-0.4, -0.2) is 52.9 Å². The van der Waals surface area contributed by atoms with Crippen LogP contribution in [0.1, 0.15) is 135 Å². The second kappa shape index (κ2) is 32.0. The Hall–Kier alpha value is -6.85. The molecule has 0 aliphatic heterocycles. The van der Waals surface area contributed by atoms with Gasteiger partial charge in [-0.25, -0.2) is 8.78 Å². The molecule has 77 heavy (non-hydrogen) atoms. The average Bonchev–Trinajstić information content (AvgIpc) is 3.38. The molecule has 0 bridgehead atoms. The molecule has 0 amide bonds. The van der Waals surface area contributed by atoms with Crippen molar-refractivity contribution in [3.63, 3.8) is 0 Å². The Labute approximate surface area is 465 Å². The zero-order chi connectivity index (χ0) is 55.3. The maximum absolute atomic E-state index is 14.9. The molecule has 0 spiro atoms. The van der Waals surface area contributed by atoms with Crippen molar-refractivity contribution in [3.8, 4) is 45.3 Å². The molecule has 0 heterocycles. The van der Waals surface area contributed by atoms with E-state index in [0.717, 1.165) is 44.5 Å². The summed E-state index contributed by atoms with van der Waals surface area (Å²) in [6.07, 6.45) is 8.44. The van der Waals surface area contributed by atoms with Crippen molar-refractivity contribution in [2.45, 2.75) is 125 Å².